The van der Waals surface area contributed by atoms with Crippen molar-refractivity contribution < 1.29 is 9.59 Å². The van der Waals surface area contributed by atoms with Crippen LogP contribution >= 0.6 is 0 Å². The van der Waals surface area contributed by atoms with E-state index in [2.05, 4.69) is 0 Å². The second-order valence-electron chi connectivity index (χ2n) is 4.95. The molecule has 0 saturated carbocycles. The summed E-state index contributed by atoms with van der Waals surface area (Å²) < 4.78 is 0. The van der Waals surface area contributed by atoms with E-state index >= 15 is 0 Å². The van der Waals surface area contributed by atoms with Gasteiger partial charge in [-0.1, -0.05) is 12.1 Å². The smallest absolute Gasteiger partial charge is 0.245 e. The normalized spacial score (nSPS) is 18.9. The van der Waals surface area contributed by atoms with Crippen LogP contribution in [0.15, 0.2) is 18.2 Å². The Bertz CT molecular complexity index is 535. The molecule has 1 aromatic carbocycles. The van der Waals surface area contributed by atoms with Crippen LogP contribution in [-0.2, 0) is 16.0 Å². The van der Waals surface area contributed by atoms with Crippen molar-refractivity contribution in [2.24, 2.45) is 5.84 Å². The number of rotatable bonds is 1. The molecule has 0 bridgehead atoms. The van der Waals surface area contributed by atoms with E-state index in [1.165, 1.54) is 5.01 Å². The fourth-order valence-corrected chi connectivity index (χ4v) is 2.54. The van der Waals surface area contributed by atoms with Gasteiger partial charge in [-0.2, -0.15) is 0 Å². The number of hydrazine groups is 1. The zero-order chi connectivity index (χ0) is 12.9. The lowest BCUT2D eigenvalue weighted by Crippen LogP contribution is -2.47. The lowest BCUT2D eigenvalue weighted by Gasteiger charge is -2.39. The lowest BCUT2D eigenvalue weighted by molar-refractivity contribution is -0.133. The van der Waals surface area contributed by atoms with Crippen LogP contribution in [-0.4, -0.2) is 29.8 Å². The van der Waals surface area contributed by atoms with Gasteiger partial charge in [-0.25, -0.2) is 10.9 Å². The van der Waals surface area contributed by atoms with E-state index < -0.39 is 0 Å². The van der Waals surface area contributed by atoms with Crippen molar-refractivity contribution >= 4 is 17.5 Å². The Balaban J connectivity index is 1.81. The number of benzene rings is 1. The summed E-state index contributed by atoms with van der Waals surface area (Å²) in [4.78, 5) is 24.4. The van der Waals surface area contributed by atoms with Gasteiger partial charge in [0, 0.05) is 25.9 Å². The van der Waals surface area contributed by atoms with Crippen LogP contribution in [0.2, 0.25) is 0 Å². The highest BCUT2D eigenvalue weighted by Gasteiger charge is 2.32. The van der Waals surface area contributed by atoms with E-state index in [0.29, 0.717) is 12.3 Å². The van der Waals surface area contributed by atoms with Gasteiger partial charge in [0.2, 0.25) is 11.8 Å². The van der Waals surface area contributed by atoms with Crippen molar-refractivity contribution in [2.45, 2.75) is 19.3 Å². The molecule has 94 valence electrons. The molecule has 2 aliphatic rings. The molecule has 0 aromatic heterocycles. The topological polar surface area (TPSA) is 66.6 Å². The zero-order valence-corrected chi connectivity index (χ0v) is 10.2. The number of anilines is 1. The molecule has 2 heterocycles. The maximum Gasteiger partial charge on any atom is 0.245 e. The van der Waals surface area contributed by atoms with Gasteiger partial charge in [0.25, 0.3) is 0 Å². The Hall–Kier alpha value is -1.88. The second-order valence-corrected chi connectivity index (χ2v) is 4.95. The first-order valence-corrected chi connectivity index (χ1v) is 6.02. The molecule has 5 heteroatoms. The van der Waals surface area contributed by atoms with Gasteiger partial charge in [0.1, 0.15) is 0 Å². The van der Waals surface area contributed by atoms with Crippen molar-refractivity contribution in [3.63, 3.8) is 0 Å². The summed E-state index contributed by atoms with van der Waals surface area (Å²) in [5.41, 5.74) is 2.93. The summed E-state index contributed by atoms with van der Waals surface area (Å²) >= 11 is 0. The maximum atomic E-state index is 11.5. The maximum absolute atomic E-state index is 11.5. The molecule has 0 atom stereocenters. The highest BCUT2D eigenvalue weighted by Crippen LogP contribution is 2.33. The molecule has 1 fully saturated rings. The van der Waals surface area contributed by atoms with E-state index in [1.807, 2.05) is 23.1 Å². The highest BCUT2D eigenvalue weighted by atomic mass is 16.2. The van der Waals surface area contributed by atoms with E-state index in [4.69, 9.17) is 5.84 Å². The first-order valence-electron chi connectivity index (χ1n) is 6.02. The number of hydrogen-bond acceptors (Lipinski definition) is 3. The monoisotopic (exact) mass is 245 g/mol. The molecule has 1 saturated heterocycles. The molecular formula is C13H15N3O2. The minimum Gasteiger partial charge on any atom is -0.342 e. The summed E-state index contributed by atoms with van der Waals surface area (Å²) in [5.74, 6) is 6.12. The van der Waals surface area contributed by atoms with Crippen LogP contribution < -0.4 is 10.9 Å². The van der Waals surface area contributed by atoms with Gasteiger partial charge >= 0.3 is 0 Å². The molecule has 0 aliphatic carbocycles. The molecule has 3 rings (SSSR count). The molecule has 1 aromatic rings. The molecule has 5 nitrogen and oxygen atoms in total. The van der Waals surface area contributed by atoms with Crippen molar-refractivity contribution in [1.82, 2.24) is 4.90 Å². The van der Waals surface area contributed by atoms with Gasteiger partial charge in [0.15, 0.2) is 0 Å². The summed E-state index contributed by atoms with van der Waals surface area (Å²) in [6.45, 7) is 3.10. The van der Waals surface area contributed by atoms with Crippen molar-refractivity contribution in [3.05, 3.63) is 29.3 Å². The average molecular weight is 245 g/mol. The Morgan fingerprint density at radius 1 is 1.39 bits per heavy atom. The van der Waals surface area contributed by atoms with Crippen LogP contribution in [0.5, 0.6) is 0 Å². The minimum atomic E-state index is -0.0684. The zero-order valence-electron chi connectivity index (χ0n) is 10.2. The van der Waals surface area contributed by atoms with Crippen LogP contribution in [0.25, 0.3) is 0 Å². The highest BCUT2D eigenvalue weighted by molar-refractivity contribution is 6.00. The Morgan fingerprint density at radius 2 is 2.11 bits per heavy atom. The van der Waals surface area contributed by atoms with Crippen molar-refractivity contribution in [1.29, 1.82) is 0 Å². The third kappa shape index (κ3) is 1.59. The lowest BCUT2D eigenvalue weighted by atomic mass is 9.90. The van der Waals surface area contributed by atoms with Gasteiger partial charge in [-0.15, -0.1) is 0 Å². The number of amides is 2. The quantitative estimate of drug-likeness (QED) is 0.575. The van der Waals surface area contributed by atoms with E-state index in [1.54, 1.807) is 6.92 Å². The van der Waals surface area contributed by atoms with Gasteiger partial charge in [-0.3, -0.25) is 9.59 Å². The Morgan fingerprint density at radius 3 is 2.78 bits per heavy atom. The predicted octanol–water partition coefficient (Wildman–Crippen LogP) is 0.395. The third-order valence-electron chi connectivity index (χ3n) is 3.78. The SMILES string of the molecule is CC(=O)N1CC(c2ccc3c(c2)N(N)C(=O)C3)C1. The van der Waals surface area contributed by atoms with Crippen molar-refractivity contribution in [2.75, 3.05) is 18.1 Å². The summed E-state index contributed by atoms with van der Waals surface area (Å²) in [6, 6.07) is 5.97. The molecule has 18 heavy (non-hydrogen) atoms. The third-order valence-corrected chi connectivity index (χ3v) is 3.78. The molecule has 2 N–H and O–H groups in total. The van der Waals surface area contributed by atoms with Gasteiger partial charge in [-0.05, 0) is 17.2 Å². The van der Waals surface area contributed by atoms with E-state index in [0.717, 1.165) is 29.9 Å². The predicted molar refractivity (Wildman–Crippen MR) is 66.8 cm³/mol. The average Bonchev–Trinajstić information content (AvgIpc) is 2.53. The standard InChI is InChI=1S/C13H15N3O2/c1-8(17)15-6-11(7-15)9-2-3-10-5-13(18)16(14)12(10)4-9/h2-4,11H,5-7,14H2,1H3. The van der Waals surface area contributed by atoms with Crippen molar-refractivity contribution in [3.8, 4) is 0 Å². The van der Waals surface area contributed by atoms with Gasteiger partial charge < -0.3 is 4.90 Å². The minimum absolute atomic E-state index is 0.0684. The largest absolute Gasteiger partial charge is 0.342 e. The number of nitrogens with two attached hydrogens (primary N) is 1. The Kier molecular flexibility index (Phi) is 2.38. The van der Waals surface area contributed by atoms with Crippen LogP contribution in [0.3, 0.4) is 0 Å². The fourth-order valence-electron chi connectivity index (χ4n) is 2.54. The van der Waals surface area contributed by atoms with Crippen LogP contribution in [0, 0.1) is 0 Å². The number of fused-ring (bicyclic) bond motifs is 1. The first kappa shape index (κ1) is 11.2. The molecule has 0 spiro atoms. The molecule has 2 amide bonds. The van der Waals surface area contributed by atoms with Gasteiger partial charge in [0.05, 0.1) is 12.1 Å². The van der Waals surface area contributed by atoms with E-state index in [-0.39, 0.29) is 11.8 Å². The van der Waals surface area contributed by atoms with E-state index in [9.17, 15) is 9.59 Å². The second kappa shape index (κ2) is 3.81. The Labute approximate surface area is 105 Å². The fraction of sp³-hybridized carbons (Fsp3) is 0.385. The molecule has 0 unspecified atom stereocenters. The number of nitrogens with zero attached hydrogens (tertiary/aromatic N) is 2. The summed E-state index contributed by atoms with van der Waals surface area (Å²) in [5, 5.41) is 1.22. The summed E-state index contributed by atoms with van der Waals surface area (Å²) in [7, 11) is 0. The number of carbonyl (C=O) groups is 2. The number of likely N-dealkylation sites (tertiary alicyclic amines) is 1. The number of carbonyl (C=O) groups excluding carboxylic acids is 2. The van der Waals surface area contributed by atoms with Crippen LogP contribution in [0.4, 0.5) is 5.69 Å². The molecule has 2 aliphatic heterocycles. The molecule has 0 radical (unpaired) electrons. The first-order chi connectivity index (χ1) is 8.56. The van der Waals surface area contributed by atoms with Crippen LogP contribution in [0.1, 0.15) is 24.0 Å². The summed E-state index contributed by atoms with van der Waals surface area (Å²) in [6.07, 6.45) is 0.385. The molecular weight excluding hydrogens is 230 g/mol. The number of hydrogen-bond donors (Lipinski definition) is 1.